The maximum atomic E-state index is 10.2. The van der Waals surface area contributed by atoms with Gasteiger partial charge in [-0.2, -0.15) is 0 Å². The van der Waals surface area contributed by atoms with E-state index in [1.54, 1.807) is 0 Å². The molecule has 0 radical (unpaired) electrons. The monoisotopic (exact) mass is 205 g/mol. The van der Waals surface area contributed by atoms with E-state index in [9.17, 15) is 5.11 Å². The Morgan fingerprint density at radius 1 is 1.27 bits per heavy atom. The number of nitrogens with zero attached hydrogens (tertiary/aromatic N) is 1. The van der Waals surface area contributed by atoms with Crippen LogP contribution in [0, 0.1) is 0 Å². The molecule has 1 N–H and O–H groups in total. The van der Waals surface area contributed by atoms with E-state index in [2.05, 4.69) is 25.8 Å². The van der Waals surface area contributed by atoms with E-state index in [-0.39, 0.29) is 5.41 Å². The minimum absolute atomic E-state index is 0.0517. The van der Waals surface area contributed by atoms with Gasteiger partial charge in [0.25, 0.3) is 0 Å². The largest absolute Gasteiger partial charge is 0.384 e. The quantitative estimate of drug-likeness (QED) is 0.764. The van der Waals surface area contributed by atoms with E-state index in [0.29, 0.717) is 0 Å². The van der Waals surface area contributed by atoms with E-state index in [1.807, 2.05) is 18.2 Å². The summed E-state index contributed by atoms with van der Waals surface area (Å²) in [7, 11) is 0. The van der Waals surface area contributed by atoms with Gasteiger partial charge in [0, 0.05) is 11.1 Å². The van der Waals surface area contributed by atoms with Gasteiger partial charge in [0.05, 0.1) is 5.69 Å². The molecular formula is C13H19NO. The van der Waals surface area contributed by atoms with E-state index < -0.39 is 5.60 Å². The van der Waals surface area contributed by atoms with E-state index in [4.69, 9.17) is 0 Å². The van der Waals surface area contributed by atoms with Gasteiger partial charge in [-0.3, -0.25) is 4.98 Å². The molecule has 1 heterocycles. The highest BCUT2D eigenvalue weighted by Gasteiger charge is 2.37. The second kappa shape index (κ2) is 3.31. The van der Waals surface area contributed by atoms with Crippen molar-refractivity contribution >= 4 is 0 Å². The molecule has 1 aromatic heterocycles. The van der Waals surface area contributed by atoms with E-state index in [1.165, 1.54) is 0 Å². The number of aliphatic hydroxyl groups is 1. The SMILES string of the molecule is CC(C)(C)c1cccc(C2(O)CCC2)n1. The molecule has 1 fully saturated rings. The maximum absolute atomic E-state index is 10.2. The lowest BCUT2D eigenvalue weighted by molar-refractivity contribution is -0.0428. The van der Waals surface area contributed by atoms with Crippen molar-refractivity contribution in [2.45, 2.75) is 51.0 Å². The van der Waals surface area contributed by atoms with Gasteiger partial charge >= 0.3 is 0 Å². The normalized spacial score (nSPS) is 19.7. The van der Waals surface area contributed by atoms with Crippen molar-refractivity contribution in [3.63, 3.8) is 0 Å². The maximum Gasteiger partial charge on any atom is 0.106 e. The van der Waals surface area contributed by atoms with Crippen LogP contribution < -0.4 is 0 Å². The van der Waals surface area contributed by atoms with Crippen LogP contribution in [0.3, 0.4) is 0 Å². The second-order valence-corrected chi connectivity index (χ2v) is 5.54. The van der Waals surface area contributed by atoms with Crippen LogP contribution in [0.5, 0.6) is 0 Å². The van der Waals surface area contributed by atoms with Crippen LogP contribution in [0.15, 0.2) is 18.2 Å². The van der Waals surface area contributed by atoms with Gasteiger partial charge in [0.15, 0.2) is 0 Å². The second-order valence-electron chi connectivity index (χ2n) is 5.54. The summed E-state index contributed by atoms with van der Waals surface area (Å²) >= 11 is 0. The molecule has 2 rings (SSSR count). The molecule has 0 aromatic carbocycles. The minimum atomic E-state index is -0.638. The van der Waals surface area contributed by atoms with Gasteiger partial charge < -0.3 is 5.11 Å². The van der Waals surface area contributed by atoms with Gasteiger partial charge in [-0.1, -0.05) is 26.8 Å². The van der Waals surface area contributed by atoms with Crippen molar-refractivity contribution in [3.05, 3.63) is 29.6 Å². The molecule has 2 nitrogen and oxygen atoms in total. The van der Waals surface area contributed by atoms with Crippen LogP contribution in [-0.2, 0) is 11.0 Å². The number of pyridine rings is 1. The Morgan fingerprint density at radius 3 is 2.40 bits per heavy atom. The Labute approximate surface area is 91.4 Å². The fourth-order valence-electron chi connectivity index (χ4n) is 1.88. The first kappa shape index (κ1) is 10.6. The molecule has 0 aliphatic heterocycles. The van der Waals surface area contributed by atoms with Crippen molar-refractivity contribution in [2.75, 3.05) is 0 Å². The third-order valence-electron chi connectivity index (χ3n) is 3.18. The van der Waals surface area contributed by atoms with E-state index in [0.717, 1.165) is 30.7 Å². The average molecular weight is 205 g/mol. The van der Waals surface area contributed by atoms with Crippen molar-refractivity contribution in [1.82, 2.24) is 4.98 Å². The first-order valence-electron chi connectivity index (χ1n) is 5.62. The predicted octanol–water partition coefficient (Wildman–Crippen LogP) is 2.75. The standard InChI is InChI=1S/C13H19NO/c1-12(2,3)10-6-4-7-11(14-10)13(15)8-5-9-13/h4,6-7,15H,5,8-9H2,1-3H3. The zero-order valence-electron chi connectivity index (χ0n) is 9.75. The number of rotatable bonds is 1. The lowest BCUT2D eigenvalue weighted by Crippen LogP contribution is -2.35. The molecular weight excluding hydrogens is 186 g/mol. The van der Waals surface area contributed by atoms with Gasteiger partial charge in [-0.05, 0) is 31.4 Å². The molecule has 1 aliphatic carbocycles. The molecule has 1 aromatic rings. The Hall–Kier alpha value is -0.890. The minimum Gasteiger partial charge on any atom is -0.384 e. The summed E-state index contributed by atoms with van der Waals surface area (Å²) in [5.74, 6) is 0. The third-order valence-corrected chi connectivity index (χ3v) is 3.18. The molecule has 0 atom stereocenters. The molecule has 0 spiro atoms. The van der Waals surface area contributed by atoms with E-state index >= 15 is 0 Å². The zero-order chi connectivity index (χ0) is 11.1. The molecule has 1 saturated carbocycles. The molecule has 0 saturated heterocycles. The average Bonchev–Trinajstić information content (AvgIpc) is 2.13. The molecule has 82 valence electrons. The first-order chi connectivity index (χ1) is 6.92. The van der Waals surface area contributed by atoms with Crippen molar-refractivity contribution in [1.29, 1.82) is 0 Å². The zero-order valence-corrected chi connectivity index (χ0v) is 9.75. The lowest BCUT2D eigenvalue weighted by Gasteiger charge is -2.36. The number of aromatic nitrogens is 1. The Kier molecular flexibility index (Phi) is 2.34. The highest BCUT2D eigenvalue weighted by Crippen LogP contribution is 2.40. The van der Waals surface area contributed by atoms with Crippen LogP contribution >= 0.6 is 0 Å². The number of hydrogen-bond donors (Lipinski definition) is 1. The van der Waals surface area contributed by atoms with Gasteiger partial charge in [0.2, 0.25) is 0 Å². The molecule has 0 bridgehead atoms. The smallest absolute Gasteiger partial charge is 0.106 e. The number of hydrogen-bond acceptors (Lipinski definition) is 2. The fourth-order valence-corrected chi connectivity index (χ4v) is 1.88. The molecule has 1 aliphatic rings. The summed E-state index contributed by atoms with van der Waals surface area (Å²) in [5, 5.41) is 10.2. The van der Waals surface area contributed by atoms with Crippen molar-refractivity contribution in [3.8, 4) is 0 Å². The van der Waals surface area contributed by atoms with Crippen LogP contribution in [0.2, 0.25) is 0 Å². The molecule has 15 heavy (non-hydrogen) atoms. The third kappa shape index (κ3) is 1.91. The first-order valence-corrected chi connectivity index (χ1v) is 5.62. The van der Waals surface area contributed by atoms with Crippen LogP contribution in [0.4, 0.5) is 0 Å². The Balaban J connectivity index is 2.35. The molecule has 0 unspecified atom stereocenters. The fraction of sp³-hybridized carbons (Fsp3) is 0.615. The lowest BCUT2D eigenvalue weighted by atomic mass is 9.77. The Bertz CT molecular complexity index is 361. The van der Waals surface area contributed by atoms with Gasteiger partial charge in [-0.15, -0.1) is 0 Å². The Morgan fingerprint density at radius 2 is 1.93 bits per heavy atom. The highest BCUT2D eigenvalue weighted by molar-refractivity contribution is 5.22. The summed E-state index contributed by atoms with van der Waals surface area (Å²) in [6.07, 6.45) is 2.82. The summed E-state index contributed by atoms with van der Waals surface area (Å²) < 4.78 is 0. The van der Waals surface area contributed by atoms with Crippen LogP contribution in [0.1, 0.15) is 51.4 Å². The van der Waals surface area contributed by atoms with Gasteiger partial charge in [0.1, 0.15) is 5.60 Å². The van der Waals surface area contributed by atoms with Crippen LogP contribution in [-0.4, -0.2) is 10.1 Å². The van der Waals surface area contributed by atoms with Crippen LogP contribution in [0.25, 0.3) is 0 Å². The topological polar surface area (TPSA) is 33.1 Å². The molecule has 2 heteroatoms. The molecule has 0 amide bonds. The summed E-state index contributed by atoms with van der Waals surface area (Å²) in [6, 6.07) is 5.97. The van der Waals surface area contributed by atoms with Gasteiger partial charge in [-0.25, -0.2) is 0 Å². The summed E-state index contributed by atoms with van der Waals surface area (Å²) in [6.45, 7) is 6.43. The van der Waals surface area contributed by atoms with Crippen molar-refractivity contribution < 1.29 is 5.11 Å². The highest BCUT2D eigenvalue weighted by atomic mass is 16.3. The summed E-state index contributed by atoms with van der Waals surface area (Å²) in [4.78, 5) is 4.59. The summed E-state index contributed by atoms with van der Waals surface area (Å²) in [5.41, 5.74) is 1.32. The van der Waals surface area contributed by atoms with Crippen molar-refractivity contribution in [2.24, 2.45) is 0 Å². The predicted molar refractivity (Wildman–Crippen MR) is 60.7 cm³/mol.